The molecule has 1 heterocycles. The van der Waals surface area contributed by atoms with Crippen molar-refractivity contribution in [3.05, 3.63) is 35.0 Å². The Labute approximate surface area is 126 Å². The smallest absolute Gasteiger partial charge is 0.263 e. The highest BCUT2D eigenvalue weighted by molar-refractivity contribution is 7.20. The van der Waals surface area contributed by atoms with Crippen LogP contribution in [0.2, 0.25) is 0 Å². The fourth-order valence-electron chi connectivity index (χ4n) is 2.57. The Hall–Kier alpha value is -1.13. The van der Waals surface area contributed by atoms with Crippen molar-refractivity contribution in [1.82, 2.24) is 4.90 Å². The van der Waals surface area contributed by atoms with Gasteiger partial charge in [0.05, 0.1) is 4.88 Å². The summed E-state index contributed by atoms with van der Waals surface area (Å²) in [4.78, 5) is 14.8. The maximum Gasteiger partial charge on any atom is 0.263 e. The lowest BCUT2D eigenvalue weighted by Gasteiger charge is -2.33. The van der Waals surface area contributed by atoms with Crippen LogP contribution >= 0.6 is 22.9 Å². The molecule has 106 valence electrons. The number of amides is 1. The average Bonchev–Trinajstić information content (AvgIpc) is 2.78. The van der Waals surface area contributed by atoms with Gasteiger partial charge in [-0.1, -0.05) is 6.07 Å². The number of thiophene rings is 1. The quantitative estimate of drug-likeness (QED) is 0.781. The molecule has 0 N–H and O–H groups in total. The molecule has 0 radical (unpaired) electrons. The summed E-state index contributed by atoms with van der Waals surface area (Å²) in [7, 11) is 1.81. The lowest BCUT2D eigenvalue weighted by molar-refractivity contribution is 0.0752. The molecule has 0 bridgehead atoms. The fourth-order valence-corrected chi connectivity index (χ4v) is 4.16. The third kappa shape index (κ3) is 2.67. The molecule has 1 aromatic heterocycles. The molecular formula is C15H15ClFNOS. The number of halogens is 2. The van der Waals surface area contributed by atoms with Crippen LogP contribution in [0.5, 0.6) is 0 Å². The van der Waals surface area contributed by atoms with Crippen LogP contribution in [0.4, 0.5) is 4.39 Å². The maximum atomic E-state index is 13.2. The molecule has 1 amide bonds. The van der Waals surface area contributed by atoms with E-state index in [9.17, 15) is 9.18 Å². The molecule has 20 heavy (non-hydrogen) atoms. The van der Waals surface area contributed by atoms with Crippen molar-refractivity contribution < 1.29 is 9.18 Å². The zero-order valence-corrected chi connectivity index (χ0v) is 12.7. The number of benzene rings is 1. The first-order valence-electron chi connectivity index (χ1n) is 6.61. The summed E-state index contributed by atoms with van der Waals surface area (Å²) in [5.41, 5.74) is 0. The first kappa shape index (κ1) is 13.8. The average molecular weight is 312 g/mol. The van der Waals surface area contributed by atoms with E-state index in [0.29, 0.717) is 10.8 Å². The van der Waals surface area contributed by atoms with Gasteiger partial charge in [-0.05, 0) is 42.3 Å². The fraction of sp³-hybridized carbons (Fsp3) is 0.400. The van der Waals surface area contributed by atoms with Gasteiger partial charge in [-0.15, -0.1) is 22.9 Å². The number of carbonyl (C=O) groups excluding carboxylic acids is 1. The SMILES string of the molecule is CN(CC1CC(Cl)C1)C(=O)c1cc2ccc(F)cc2s1. The third-order valence-corrected chi connectivity index (χ3v) is 5.19. The molecular weight excluding hydrogens is 297 g/mol. The number of rotatable bonds is 3. The minimum Gasteiger partial charge on any atom is -0.341 e. The van der Waals surface area contributed by atoms with Crippen LogP contribution in [0, 0.1) is 11.7 Å². The minimum absolute atomic E-state index is 0.00429. The Kier molecular flexibility index (Phi) is 3.69. The second-order valence-electron chi connectivity index (χ2n) is 5.41. The number of nitrogens with zero attached hydrogens (tertiary/aromatic N) is 1. The van der Waals surface area contributed by atoms with E-state index in [1.165, 1.54) is 23.5 Å². The van der Waals surface area contributed by atoms with Crippen LogP contribution in [0.3, 0.4) is 0 Å². The van der Waals surface area contributed by atoms with Crippen molar-refractivity contribution >= 4 is 38.9 Å². The van der Waals surface area contributed by atoms with Crippen molar-refractivity contribution in [2.45, 2.75) is 18.2 Å². The first-order valence-corrected chi connectivity index (χ1v) is 7.87. The number of hydrogen-bond donors (Lipinski definition) is 0. The van der Waals surface area contributed by atoms with E-state index in [2.05, 4.69) is 0 Å². The highest BCUT2D eigenvalue weighted by Crippen LogP contribution is 2.33. The Bertz CT molecular complexity index is 650. The van der Waals surface area contributed by atoms with Gasteiger partial charge in [0.2, 0.25) is 0 Å². The van der Waals surface area contributed by atoms with Crippen LogP contribution in [0.25, 0.3) is 10.1 Å². The van der Waals surface area contributed by atoms with E-state index < -0.39 is 0 Å². The molecule has 1 aliphatic carbocycles. The predicted octanol–water partition coefficient (Wildman–Crippen LogP) is 4.13. The lowest BCUT2D eigenvalue weighted by Crippen LogP contribution is -2.37. The van der Waals surface area contributed by atoms with Crippen LogP contribution < -0.4 is 0 Å². The molecule has 0 spiro atoms. The summed E-state index contributed by atoms with van der Waals surface area (Å²) in [6, 6.07) is 6.44. The van der Waals surface area contributed by atoms with Gasteiger partial charge in [0, 0.05) is 23.7 Å². The second kappa shape index (κ2) is 5.34. The lowest BCUT2D eigenvalue weighted by atomic mass is 9.84. The monoisotopic (exact) mass is 311 g/mol. The molecule has 0 aliphatic heterocycles. The highest BCUT2D eigenvalue weighted by atomic mass is 35.5. The van der Waals surface area contributed by atoms with Gasteiger partial charge in [-0.25, -0.2) is 4.39 Å². The minimum atomic E-state index is -0.269. The van der Waals surface area contributed by atoms with E-state index in [-0.39, 0.29) is 17.1 Å². The van der Waals surface area contributed by atoms with Gasteiger partial charge in [0.1, 0.15) is 5.82 Å². The summed E-state index contributed by atoms with van der Waals surface area (Å²) < 4.78 is 14.0. The molecule has 2 aromatic rings. The van der Waals surface area contributed by atoms with Crippen molar-refractivity contribution in [1.29, 1.82) is 0 Å². The van der Waals surface area contributed by atoms with Crippen LogP contribution in [-0.2, 0) is 0 Å². The summed E-state index contributed by atoms with van der Waals surface area (Å²) in [6.07, 6.45) is 1.97. The summed E-state index contributed by atoms with van der Waals surface area (Å²) in [6.45, 7) is 0.741. The van der Waals surface area contributed by atoms with E-state index in [1.54, 1.807) is 11.0 Å². The van der Waals surface area contributed by atoms with Gasteiger partial charge in [0.15, 0.2) is 0 Å². The van der Waals surface area contributed by atoms with E-state index >= 15 is 0 Å². The Morgan fingerprint density at radius 3 is 2.90 bits per heavy atom. The molecule has 0 atom stereocenters. The molecule has 1 saturated carbocycles. The molecule has 0 unspecified atom stereocenters. The van der Waals surface area contributed by atoms with Crippen LogP contribution in [0.1, 0.15) is 22.5 Å². The molecule has 0 saturated heterocycles. The van der Waals surface area contributed by atoms with Crippen LogP contribution in [0.15, 0.2) is 24.3 Å². The number of alkyl halides is 1. The van der Waals surface area contributed by atoms with Gasteiger partial charge >= 0.3 is 0 Å². The molecule has 3 rings (SSSR count). The zero-order valence-electron chi connectivity index (χ0n) is 11.1. The number of hydrogen-bond acceptors (Lipinski definition) is 2. The van der Waals surface area contributed by atoms with Gasteiger partial charge in [-0.3, -0.25) is 4.79 Å². The normalized spacial score (nSPS) is 21.8. The van der Waals surface area contributed by atoms with Gasteiger partial charge in [-0.2, -0.15) is 0 Å². The maximum absolute atomic E-state index is 13.2. The molecule has 2 nitrogen and oxygen atoms in total. The van der Waals surface area contributed by atoms with Crippen LogP contribution in [-0.4, -0.2) is 29.8 Å². The van der Waals surface area contributed by atoms with Crippen molar-refractivity contribution in [3.63, 3.8) is 0 Å². The predicted molar refractivity (Wildman–Crippen MR) is 81.1 cm³/mol. The Morgan fingerprint density at radius 1 is 1.45 bits per heavy atom. The summed E-state index contributed by atoms with van der Waals surface area (Å²) in [5.74, 6) is 0.247. The van der Waals surface area contributed by atoms with Crippen molar-refractivity contribution in [2.24, 2.45) is 5.92 Å². The largest absolute Gasteiger partial charge is 0.341 e. The number of carbonyl (C=O) groups is 1. The molecule has 1 fully saturated rings. The second-order valence-corrected chi connectivity index (χ2v) is 7.11. The summed E-state index contributed by atoms with van der Waals surface area (Å²) in [5, 5.41) is 1.19. The highest BCUT2D eigenvalue weighted by Gasteiger charge is 2.29. The molecule has 5 heteroatoms. The summed E-state index contributed by atoms with van der Waals surface area (Å²) >= 11 is 7.30. The standard InChI is InChI=1S/C15H15ClFNOS/c1-18(8-9-4-11(16)5-9)15(19)14-6-10-2-3-12(17)7-13(10)20-14/h2-3,6-7,9,11H,4-5,8H2,1H3. The molecule has 1 aliphatic rings. The van der Waals surface area contributed by atoms with Gasteiger partial charge in [0.25, 0.3) is 5.91 Å². The number of fused-ring (bicyclic) bond motifs is 1. The van der Waals surface area contributed by atoms with E-state index in [1.807, 2.05) is 13.1 Å². The van der Waals surface area contributed by atoms with Crippen molar-refractivity contribution in [3.8, 4) is 0 Å². The first-order chi connectivity index (χ1) is 9.52. The Morgan fingerprint density at radius 2 is 2.20 bits per heavy atom. The Balaban J connectivity index is 1.74. The van der Waals surface area contributed by atoms with E-state index in [0.717, 1.165) is 29.5 Å². The molecule has 1 aromatic carbocycles. The van der Waals surface area contributed by atoms with Crippen molar-refractivity contribution in [2.75, 3.05) is 13.6 Å². The van der Waals surface area contributed by atoms with E-state index in [4.69, 9.17) is 11.6 Å². The third-order valence-electron chi connectivity index (χ3n) is 3.75. The zero-order chi connectivity index (χ0) is 14.3. The van der Waals surface area contributed by atoms with Gasteiger partial charge < -0.3 is 4.90 Å². The topological polar surface area (TPSA) is 20.3 Å².